The fraction of sp³-hybridized carbons (Fsp3) is 0.500. The van der Waals surface area contributed by atoms with Crippen molar-refractivity contribution in [2.24, 2.45) is 22.2 Å². The number of amides is 3. The third kappa shape index (κ3) is 12.9. The van der Waals surface area contributed by atoms with Gasteiger partial charge in [0, 0.05) is 36.0 Å². The van der Waals surface area contributed by atoms with E-state index in [0.717, 1.165) is 23.1 Å². The predicted molar refractivity (Wildman–Crippen MR) is 204 cm³/mol. The number of hydrogen-bond donors (Lipinski definition) is 3. The number of halogens is 2. The van der Waals surface area contributed by atoms with Crippen molar-refractivity contribution in [3.05, 3.63) is 76.3 Å². The van der Waals surface area contributed by atoms with Gasteiger partial charge in [-0.2, -0.15) is 0 Å². The molecule has 1 fully saturated rings. The molecule has 0 spiro atoms. The highest BCUT2D eigenvalue weighted by Gasteiger charge is 2.48. The van der Waals surface area contributed by atoms with Crippen molar-refractivity contribution >= 4 is 53.3 Å². The summed E-state index contributed by atoms with van der Waals surface area (Å²) in [5.74, 6) is -3.27. The maximum absolute atomic E-state index is 13.7. The lowest BCUT2D eigenvalue weighted by Gasteiger charge is -2.29. The van der Waals surface area contributed by atoms with E-state index in [-0.39, 0.29) is 56.4 Å². The van der Waals surface area contributed by atoms with Gasteiger partial charge in [0.25, 0.3) is 0 Å². The van der Waals surface area contributed by atoms with Crippen LogP contribution in [0.2, 0.25) is 5.02 Å². The van der Waals surface area contributed by atoms with E-state index in [9.17, 15) is 28.4 Å². The molecule has 0 saturated carbocycles. The lowest BCUT2D eigenvalue weighted by molar-refractivity contribution is -0.179. The molecule has 3 amide bonds. The average molecular weight is 785 g/mol. The molecule has 0 unspecified atom stereocenters. The monoisotopic (exact) mass is 784 g/mol. The number of alkyl halides is 1. The van der Waals surface area contributed by atoms with Crippen molar-refractivity contribution in [1.82, 2.24) is 10.6 Å². The molecule has 0 aliphatic carbocycles. The number of aliphatic imine (C=N–C) groups is 1. The fourth-order valence-corrected chi connectivity index (χ4v) is 6.11. The first-order chi connectivity index (χ1) is 26.1. The summed E-state index contributed by atoms with van der Waals surface area (Å²) in [7, 11) is 0. The summed E-state index contributed by atoms with van der Waals surface area (Å²) in [5, 5.41) is 8.75. The molecule has 2 aliphatic heterocycles. The van der Waals surface area contributed by atoms with Gasteiger partial charge in [0.05, 0.1) is 11.5 Å². The molecule has 2 aromatic rings. The highest BCUT2D eigenvalue weighted by molar-refractivity contribution is 6.31. The van der Waals surface area contributed by atoms with Crippen LogP contribution in [0.3, 0.4) is 0 Å². The number of cyclic esters (lactones) is 2. The van der Waals surface area contributed by atoms with Crippen LogP contribution in [0.15, 0.2) is 59.6 Å². The number of esters is 2. The Bertz CT molecular complexity index is 1750. The second-order valence-electron chi connectivity index (χ2n) is 14.9. The number of nitrogens with zero attached hydrogens (tertiary/aromatic N) is 1. The van der Waals surface area contributed by atoms with Gasteiger partial charge in [0.15, 0.2) is 12.5 Å². The van der Waals surface area contributed by atoms with Gasteiger partial charge in [0.2, 0.25) is 24.6 Å². The van der Waals surface area contributed by atoms with E-state index in [1.54, 1.807) is 50.3 Å². The summed E-state index contributed by atoms with van der Waals surface area (Å²) in [6.07, 6.45) is 1.52. The van der Waals surface area contributed by atoms with Crippen LogP contribution in [0.1, 0.15) is 70.3 Å². The number of aryl methyl sites for hydroxylation is 1. The zero-order chi connectivity index (χ0) is 40.3. The Labute approximate surface area is 325 Å². The van der Waals surface area contributed by atoms with Crippen molar-refractivity contribution in [2.75, 3.05) is 25.3 Å². The molecule has 0 radical (unpaired) electrons. The van der Waals surface area contributed by atoms with E-state index in [2.05, 4.69) is 25.7 Å². The highest BCUT2D eigenvalue weighted by atomic mass is 35.5. The Morgan fingerprint density at radius 2 is 1.84 bits per heavy atom. The van der Waals surface area contributed by atoms with Gasteiger partial charge in [-0.05, 0) is 74.1 Å². The molecule has 2 aliphatic rings. The lowest BCUT2D eigenvalue weighted by Crippen LogP contribution is -2.51. The molecule has 2 heterocycles. The summed E-state index contributed by atoms with van der Waals surface area (Å²) >= 11 is 6.34. The maximum atomic E-state index is 13.7. The van der Waals surface area contributed by atoms with E-state index in [0.29, 0.717) is 10.7 Å². The first-order valence-electron chi connectivity index (χ1n) is 18.2. The Kier molecular flexibility index (Phi) is 15.3. The molecule has 6 atom stereocenters. The number of anilines is 1. The molecule has 0 bridgehead atoms. The van der Waals surface area contributed by atoms with Crippen molar-refractivity contribution in [2.45, 2.75) is 91.3 Å². The lowest BCUT2D eigenvalue weighted by atomic mass is 9.92. The van der Waals surface area contributed by atoms with Crippen LogP contribution >= 0.6 is 11.6 Å². The number of nitrogens with one attached hydrogen (secondary N) is 3. The standard InChI is InChI=1S/C40H50ClFN4O9/c1-23(2)16-32-38(50)53-31(25(4)35-36(55-35)27-12-14-28(15-13-27)45-34(48)19-43-22-52-21-42)8-7-9-33(47)46-30(18-26-11-10-24(3)29(41)17-26)37(49)44-20-40(5,6)39(51)54-32/h7,9-15,17,22-23,25,30-32,35-36H,8,16,18-21H2,1-6H3,(H,44,49)(H,45,48)(H,46,47)/b9-7+,43-22?/t25-,30+,31-,32-,35+,36+/m0/s1. The maximum Gasteiger partial charge on any atom is 0.347 e. The Morgan fingerprint density at radius 1 is 1.11 bits per heavy atom. The number of benzene rings is 2. The summed E-state index contributed by atoms with van der Waals surface area (Å²) in [4.78, 5) is 69.7. The molecule has 55 heavy (non-hydrogen) atoms. The molecule has 298 valence electrons. The summed E-state index contributed by atoms with van der Waals surface area (Å²) in [5.41, 5.74) is 1.71. The quantitative estimate of drug-likeness (QED) is 0.111. The van der Waals surface area contributed by atoms with E-state index in [1.165, 1.54) is 6.08 Å². The van der Waals surface area contributed by atoms with Crippen LogP contribution in [-0.4, -0.2) is 80.4 Å². The van der Waals surface area contributed by atoms with Gasteiger partial charge in [0.1, 0.15) is 24.8 Å². The second-order valence-corrected chi connectivity index (χ2v) is 15.3. The van der Waals surface area contributed by atoms with Crippen LogP contribution in [-0.2, 0) is 49.3 Å². The van der Waals surface area contributed by atoms with Crippen LogP contribution in [0.25, 0.3) is 0 Å². The van der Waals surface area contributed by atoms with Crippen molar-refractivity contribution in [3.63, 3.8) is 0 Å². The Hall–Kier alpha value is -4.82. The Morgan fingerprint density at radius 3 is 2.51 bits per heavy atom. The molecule has 13 nitrogen and oxygen atoms in total. The average Bonchev–Trinajstić information content (AvgIpc) is 3.93. The van der Waals surface area contributed by atoms with Gasteiger partial charge in [-0.15, -0.1) is 0 Å². The minimum atomic E-state index is -1.23. The van der Waals surface area contributed by atoms with Gasteiger partial charge >= 0.3 is 11.9 Å². The third-order valence-electron chi connectivity index (χ3n) is 9.27. The van der Waals surface area contributed by atoms with Gasteiger partial charge in [-0.25, -0.2) is 14.2 Å². The predicted octanol–water partition coefficient (Wildman–Crippen LogP) is 5.33. The number of hydrogen-bond acceptors (Lipinski definition) is 10. The summed E-state index contributed by atoms with van der Waals surface area (Å²) in [6.45, 7) is 9.33. The minimum absolute atomic E-state index is 0.0266. The van der Waals surface area contributed by atoms with Crippen molar-refractivity contribution in [3.8, 4) is 0 Å². The van der Waals surface area contributed by atoms with Crippen LogP contribution in [0, 0.1) is 24.2 Å². The van der Waals surface area contributed by atoms with Gasteiger partial charge in [-0.1, -0.05) is 62.7 Å². The highest BCUT2D eigenvalue weighted by Crippen LogP contribution is 2.45. The SMILES string of the molecule is Cc1ccc(C[C@H]2NC(=O)/C=C/C[C@@H]([C@H](C)[C@H]3O[C@@H]3c3ccc(NC(=O)CN=COCF)cc3)OC(=O)[C@H](CC(C)C)OC(=O)C(C)(C)CNC2=O)cc1Cl. The van der Waals surface area contributed by atoms with E-state index < -0.39 is 60.2 Å². The van der Waals surface area contributed by atoms with E-state index in [4.69, 9.17) is 25.8 Å². The molecule has 3 N–H and O–H groups in total. The first kappa shape index (κ1) is 42.9. The van der Waals surface area contributed by atoms with Crippen molar-refractivity contribution < 1.29 is 47.3 Å². The van der Waals surface area contributed by atoms with Crippen LogP contribution in [0.5, 0.6) is 0 Å². The van der Waals surface area contributed by atoms with Crippen molar-refractivity contribution in [1.29, 1.82) is 0 Å². The number of ether oxygens (including phenoxy) is 4. The molecule has 4 rings (SSSR count). The number of epoxide rings is 1. The number of rotatable bonds is 12. The summed E-state index contributed by atoms with van der Waals surface area (Å²) < 4.78 is 34.3. The largest absolute Gasteiger partial charge is 0.459 e. The van der Waals surface area contributed by atoms with E-state index >= 15 is 0 Å². The van der Waals surface area contributed by atoms with Gasteiger partial charge in [-0.3, -0.25) is 19.2 Å². The topological polar surface area (TPSA) is 174 Å². The Balaban J connectivity index is 1.54. The first-order valence-corrected chi connectivity index (χ1v) is 18.6. The molecular formula is C40H50ClFN4O9. The number of carbonyl (C=O) groups is 5. The third-order valence-corrected chi connectivity index (χ3v) is 9.68. The second kappa shape index (κ2) is 19.7. The molecule has 0 aromatic heterocycles. The molecule has 2 aromatic carbocycles. The van der Waals surface area contributed by atoms with Gasteiger partial charge < -0.3 is 34.9 Å². The zero-order valence-corrected chi connectivity index (χ0v) is 32.7. The minimum Gasteiger partial charge on any atom is -0.459 e. The molecule has 15 heteroatoms. The van der Waals surface area contributed by atoms with Crippen LogP contribution in [0.4, 0.5) is 10.1 Å². The number of carbonyl (C=O) groups excluding carboxylic acids is 5. The van der Waals surface area contributed by atoms with E-state index in [1.807, 2.05) is 39.8 Å². The molecular weight excluding hydrogens is 735 g/mol. The normalized spacial score (nSPS) is 24.6. The molecule has 1 saturated heterocycles. The fourth-order valence-electron chi connectivity index (χ4n) is 5.91. The smallest absolute Gasteiger partial charge is 0.347 e. The zero-order valence-electron chi connectivity index (χ0n) is 31.9. The summed E-state index contributed by atoms with van der Waals surface area (Å²) in [6, 6.07) is 11.4. The van der Waals surface area contributed by atoms with Crippen LogP contribution < -0.4 is 16.0 Å².